The van der Waals surface area contributed by atoms with Crippen molar-refractivity contribution in [3.63, 3.8) is 0 Å². The van der Waals surface area contributed by atoms with Crippen molar-refractivity contribution in [1.29, 1.82) is 0 Å². The van der Waals surface area contributed by atoms with Gasteiger partial charge in [-0.15, -0.1) is 0 Å². The van der Waals surface area contributed by atoms with Crippen LogP contribution in [0.1, 0.15) is 17.5 Å². The lowest BCUT2D eigenvalue weighted by molar-refractivity contribution is -0.385. The number of sulfonamides is 1. The van der Waals surface area contributed by atoms with Gasteiger partial charge in [0, 0.05) is 25.2 Å². The zero-order valence-electron chi connectivity index (χ0n) is 11.9. The van der Waals surface area contributed by atoms with Crippen molar-refractivity contribution in [2.45, 2.75) is 25.2 Å². The van der Waals surface area contributed by atoms with Crippen LogP contribution in [0.4, 0.5) is 5.69 Å². The molecule has 0 heterocycles. The number of nitro benzene ring substituents is 1. The number of carboxylic acid groups (broad SMARTS) is 1. The smallest absolute Gasteiger partial charge is 0.304 e. The normalized spacial score (nSPS) is 11.6. The molecule has 0 bridgehead atoms. The van der Waals surface area contributed by atoms with Gasteiger partial charge >= 0.3 is 5.97 Å². The molecule has 1 rings (SSSR count). The molecule has 0 fully saturated rings. The molecule has 1 aromatic rings. The fraction of sp³-hybridized carbons (Fsp3) is 0.417. The van der Waals surface area contributed by atoms with Crippen molar-refractivity contribution in [2.24, 2.45) is 0 Å². The van der Waals surface area contributed by atoms with Crippen molar-refractivity contribution < 1.29 is 23.2 Å². The minimum atomic E-state index is -3.88. The third kappa shape index (κ3) is 3.76. The average Bonchev–Trinajstić information content (AvgIpc) is 2.37. The van der Waals surface area contributed by atoms with Crippen LogP contribution in [0.2, 0.25) is 0 Å². The van der Waals surface area contributed by atoms with E-state index in [2.05, 4.69) is 0 Å². The molecule has 8 nitrogen and oxygen atoms in total. The van der Waals surface area contributed by atoms with Gasteiger partial charge in [0.1, 0.15) is 0 Å². The minimum Gasteiger partial charge on any atom is -0.481 e. The molecule has 0 saturated heterocycles. The lowest BCUT2D eigenvalue weighted by atomic mass is 10.1. The summed E-state index contributed by atoms with van der Waals surface area (Å²) >= 11 is 0. The van der Waals surface area contributed by atoms with Gasteiger partial charge in [-0.3, -0.25) is 14.9 Å². The number of carbonyl (C=O) groups is 1. The zero-order chi connectivity index (χ0) is 16.4. The van der Waals surface area contributed by atoms with Gasteiger partial charge in [0.15, 0.2) is 0 Å². The second-order valence-electron chi connectivity index (χ2n) is 4.63. The number of nitro groups is 1. The Hall–Kier alpha value is -2.00. The fourth-order valence-corrected chi connectivity index (χ4v) is 3.25. The molecule has 0 aliphatic heterocycles. The summed E-state index contributed by atoms with van der Waals surface area (Å²) in [5, 5.41) is 19.4. The Balaban J connectivity index is 3.23. The Morgan fingerprint density at radius 2 is 1.90 bits per heavy atom. The highest BCUT2D eigenvalue weighted by Gasteiger charge is 2.26. The van der Waals surface area contributed by atoms with Gasteiger partial charge in [-0.05, 0) is 25.5 Å². The number of aryl methyl sites for hydroxylation is 2. The maximum atomic E-state index is 12.4. The van der Waals surface area contributed by atoms with Gasteiger partial charge in [0.05, 0.1) is 16.2 Å². The third-order valence-corrected chi connectivity index (χ3v) is 5.02. The first-order valence-electron chi connectivity index (χ1n) is 6.01. The molecule has 1 aromatic carbocycles. The lowest BCUT2D eigenvalue weighted by Crippen LogP contribution is -2.29. The number of benzene rings is 1. The van der Waals surface area contributed by atoms with E-state index in [1.165, 1.54) is 33.0 Å². The Bertz CT molecular complexity index is 683. The molecule has 0 aliphatic carbocycles. The number of aliphatic carboxylic acids is 1. The van der Waals surface area contributed by atoms with E-state index in [4.69, 9.17) is 5.11 Å². The summed E-state index contributed by atoms with van der Waals surface area (Å²) in [7, 11) is -2.61. The van der Waals surface area contributed by atoms with E-state index >= 15 is 0 Å². The highest BCUT2D eigenvalue weighted by Crippen LogP contribution is 2.27. The Kier molecular flexibility index (Phi) is 5.02. The molecule has 0 unspecified atom stereocenters. The average molecular weight is 316 g/mol. The number of carboxylic acids is 1. The highest BCUT2D eigenvalue weighted by atomic mass is 32.2. The van der Waals surface area contributed by atoms with Crippen LogP contribution in [0, 0.1) is 24.0 Å². The molecule has 0 radical (unpaired) electrons. The molecule has 0 saturated carbocycles. The molecule has 21 heavy (non-hydrogen) atoms. The van der Waals surface area contributed by atoms with Crippen molar-refractivity contribution in [3.05, 3.63) is 33.4 Å². The molecular weight excluding hydrogens is 300 g/mol. The Labute approximate surface area is 122 Å². The van der Waals surface area contributed by atoms with E-state index in [9.17, 15) is 23.3 Å². The van der Waals surface area contributed by atoms with E-state index < -0.39 is 20.9 Å². The fourth-order valence-electron chi connectivity index (χ4n) is 1.79. The van der Waals surface area contributed by atoms with Gasteiger partial charge < -0.3 is 5.11 Å². The Morgan fingerprint density at radius 1 is 1.33 bits per heavy atom. The van der Waals surface area contributed by atoms with E-state index in [0.717, 1.165) is 4.31 Å². The minimum absolute atomic E-state index is 0.0570. The molecule has 0 aliphatic rings. The summed E-state index contributed by atoms with van der Waals surface area (Å²) in [6.07, 6.45) is -0.319. The molecule has 116 valence electrons. The van der Waals surface area contributed by atoms with Crippen LogP contribution < -0.4 is 0 Å². The number of hydrogen-bond acceptors (Lipinski definition) is 5. The molecule has 1 N–H and O–H groups in total. The van der Waals surface area contributed by atoms with Gasteiger partial charge in [-0.25, -0.2) is 12.7 Å². The van der Waals surface area contributed by atoms with Gasteiger partial charge in [-0.1, -0.05) is 0 Å². The maximum Gasteiger partial charge on any atom is 0.304 e. The predicted octanol–water partition coefficient (Wildman–Crippen LogP) is 1.31. The topological polar surface area (TPSA) is 118 Å². The third-order valence-electron chi connectivity index (χ3n) is 3.02. The van der Waals surface area contributed by atoms with Crippen LogP contribution in [0.15, 0.2) is 17.0 Å². The number of hydrogen-bond donors (Lipinski definition) is 1. The van der Waals surface area contributed by atoms with E-state index in [1.807, 2.05) is 0 Å². The molecule has 0 atom stereocenters. The molecular formula is C12H16N2O6S. The van der Waals surface area contributed by atoms with Crippen molar-refractivity contribution >= 4 is 21.7 Å². The predicted molar refractivity (Wildman–Crippen MR) is 74.6 cm³/mol. The summed E-state index contributed by atoms with van der Waals surface area (Å²) < 4.78 is 25.6. The van der Waals surface area contributed by atoms with Crippen LogP contribution in [0.25, 0.3) is 0 Å². The summed E-state index contributed by atoms with van der Waals surface area (Å²) in [6, 6.07) is 2.44. The summed E-state index contributed by atoms with van der Waals surface area (Å²) in [5.41, 5.74) is 0.324. The van der Waals surface area contributed by atoms with Crippen LogP contribution >= 0.6 is 0 Å². The first-order chi connectivity index (χ1) is 9.57. The van der Waals surface area contributed by atoms with E-state index in [1.54, 1.807) is 0 Å². The van der Waals surface area contributed by atoms with Crippen molar-refractivity contribution in [2.75, 3.05) is 13.6 Å². The van der Waals surface area contributed by atoms with Crippen LogP contribution in [-0.4, -0.2) is 42.3 Å². The largest absolute Gasteiger partial charge is 0.481 e. The molecule has 9 heteroatoms. The second-order valence-corrected chi connectivity index (χ2v) is 6.64. The molecule has 0 spiro atoms. The first kappa shape index (κ1) is 17.1. The van der Waals surface area contributed by atoms with Crippen LogP contribution in [-0.2, 0) is 14.8 Å². The zero-order valence-corrected chi connectivity index (χ0v) is 12.7. The summed E-state index contributed by atoms with van der Waals surface area (Å²) in [6.45, 7) is 2.74. The molecule has 0 aromatic heterocycles. The van der Waals surface area contributed by atoms with Crippen molar-refractivity contribution in [3.8, 4) is 0 Å². The highest BCUT2D eigenvalue weighted by molar-refractivity contribution is 7.89. The lowest BCUT2D eigenvalue weighted by Gasteiger charge is -2.18. The van der Waals surface area contributed by atoms with Crippen LogP contribution in [0.3, 0.4) is 0 Å². The van der Waals surface area contributed by atoms with E-state index in [0.29, 0.717) is 0 Å². The molecule has 0 amide bonds. The SMILES string of the molecule is Cc1cc(S(=O)(=O)N(C)CCC(=O)O)c(C)cc1[N+](=O)[O-]. The van der Waals surface area contributed by atoms with Gasteiger partial charge in [-0.2, -0.15) is 0 Å². The Morgan fingerprint density at radius 3 is 2.38 bits per heavy atom. The monoisotopic (exact) mass is 316 g/mol. The number of nitrogens with zero attached hydrogens (tertiary/aromatic N) is 2. The quantitative estimate of drug-likeness (QED) is 0.624. The second kappa shape index (κ2) is 6.19. The van der Waals surface area contributed by atoms with Crippen molar-refractivity contribution in [1.82, 2.24) is 4.31 Å². The van der Waals surface area contributed by atoms with Gasteiger partial charge in [0.2, 0.25) is 10.0 Å². The summed E-state index contributed by atoms with van der Waals surface area (Å²) in [5.74, 6) is -1.10. The van der Waals surface area contributed by atoms with Crippen LogP contribution in [0.5, 0.6) is 0 Å². The van der Waals surface area contributed by atoms with Gasteiger partial charge in [0.25, 0.3) is 5.69 Å². The standard InChI is InChI=1S/C12H16N2O6S/c1-8-7-11(9(2)6-10(8)14(17)18)21(19,20)13(3)5-4-12(15)16/h6-7H,4-5H2,1-3H3,(H,15,16). The number of rotatable bonds is 6. The maximum absolute atomic E-state index is 12.4. The first-order valence-corrected chi connectivity index (χ1v) is 7.45. The van der Waals surface area contributed by atoms with E-state index in [-0.39, 0.29) is 34.7 Å². The summed E-state index contributed by atoms with van der Waals surface area (Å²) in [4.78, 5) is 20.7.